The molecule has 0 saturated carbocycles. The maximum absolute atomic E-state index is 11.7. The van der Waals surface area contributed by atoms with Crippen LogP contribution >= 0.6 is 0 Å². The van der Waals surface area contributed by atoms with Gasteiger partial charge in [-0.1, -0.05) is 29.8 Å². The number of rotatable bonds is 7. The van der Waals surface area contributed by atoms with Crippen LogP contribution in [0, 0.1) is 6.92 Å². The minimum absolute atomic E-state index is 0.00889. The summed E-state index contributed by atoms with van der Waals surface area (Å²) in [5.41, 5.74) is 2.31. The standard InChI is InChI=1S/C15H24N2O2/c1-12-5-4-6-14(9-12)10-16-15(19)11-17(3)8-7-13(2)18/h4-6,9,13,18H,7-8,10-11H2,1-3H3,(H,16,19). The van der Waals surface area contributed by atoms with Gasteiger partial charge in [-0.3, -0.25) is 9.69 Å². The largest absolute Gasteiger partial charge is 0.393 e. The molecule has 1 aromatic carbocycles. The summed E-state index contributed by atoms with van der Waals surface area (Å²) in [6, 6.07) is 8.10. The molecule has 0 spiro atoms. The van der Waals surface area contributed by atoms with Gasteiger partial charge < -0.3 is 10.4 Å². The van der Waals surface area contributed by atoms with Crippen LogP contribution in [-0.2, 0) is 11.3 Å². The molecule has 0 bridgehead atoms. The summed E-state index contributed by atoms with van der Waals surface area (Å²) in [5, 5.41) is 12.1. The van der Waals surface area contributed by atoms with Gasteiger partial charge in [-0.05, 0) is 32.9 Å². The molecule has 1 rings (SSSR count). The van der Waals surface area contributed by atoms with Crippen LogP contribution in [0.4, 0.5) is 0 Å². The lowest BCUT2D eigenvalue weighted by atomic mass is 10.1. The Kier molecular flexibility index (Phi) is 6.53. The lowest BCUT2D eigenvalue weighted by molar-refractivity contribution is -0.122. The molecule has 0 radical (unpaired) electrons. The molecule has 0 aromatic heterocycles. The minimum atomic E-state index is -0.321. The number of carbonyl (C=O) groups is 1. The van der Waals surface area contributed by atoms with Crippen molar-refractivity contribution in [2.24, 2.45) is 0 Å². The minimum Gasteiger partial charge on any atom is -0.393 e. The molecule has 1 amide bonds. The predicted molar refractivity (Wildman–Crippen MR) is 76.8 cm³/mol. The van der Waals surface area contributed by atoms with Crippen molar-refractivity contribution in [2.75, 3.05) is 20.1 Å². The smallest absolute Gasteiger partial charge is 0.234 e. The van der Waals surface area contributed by atoms with E-state index in [4.69, 9.17) is 0 Å². The zero-order valence-electron chi connectivity index (χ0n) is 12.0. The van der Waals surface area contributed by atoms with Gasteiger partial charge in [-0.25, -0.2) is 0 Å². The SMILES string of the molecule is Cc1cccc(CNC(=O)CN(C)CCC(C)O)c1. The number of nitrogens with one attached hydrogen (secondary N) is 1. The molecule has 4 nitrogen and oxygen atoms in total. The summed E-state index contributed by atoms with van der Waals surface area (Å²) in [5.74, 6) is 0.00889. The molecule has 0 saturated heterocycles. The topological polar surface area (TPSA) is 52.6 Å². The Labute approximate surface area is 115 Å². The van der Waals surface area contributed by atoms with Crippen molar-refractivity contribution in [3.63, 3.8) is 0 Å². The van der Waals surface area contributed by atoms with E-state index in [1.165, 1.54) is 5.56 Å². The number of benzene rings is 1. The highest BCUT2D eigenvalue weighted by Gasteiger charge is 2.07. The van der Waals surface area contributed by atoms with Crippen molar-refractivity contribution in [1.29, 1.82) is 0 Å². The van der Waals surface area contributed by atoms with E-state index in [9.17, 15) is 9.90 Å². The van der Waals surface area contributed by atoms with Gasteiger partial charge in [0.2, 0.25) is 5.91 Å². The van der Waals surface area contributed by atoms with Gasteiger partial charge in [0.05, 0.1) is 12.6 Å². The van der Waals surface area contributed by atoms with Gasteiger partial charge in [0.15, 0.2) is 0 Å². The Balaban J connectivity index is 2.27. The van der Waals surface area contributed by atoms with Crippen LogP contribution < -0.4 is 5.32 Å². The first-order valence-corrected chi connectivity index (χ1v) is 6.66. The molecule has 1 unspecified atom stereocenters. The van der Waals surface area contributed by atoms with Crippen molar-refractivity contribution < 1.29 is 9.90 Å². The maximum atomic E-state index is 11.7. The third-order valence-electron chi connectivity index (χ3n) is 2.91. The van der Waals surface area contributed by atoms with Gasteiger partial charge >= 0.3 is 0 Å². The summed E-state index contributed by atoms with van der Waals surface area (Å²) >= 11 is 0. The molecule has 19 heavy (non-hydrogen) atoms. The molecule has 0 aliphatic heterocycles. The fraction of sp³-hybridized carbons (Fsp3) is 0.533. The van der Waals surface area contributed by atoms with Crippen molar-refractivity contribution in [3.05, 3.63) is 35.4 Å². The first-order valence-electron chi connectivity index (χ1n) is 6.66. The van der Waals surface area contributed by atoms with Gasteiger partial charge in [0.1, 0.15) is 0 Å². The molecule has 0 aliphatic rings. The highest BCUT2D eigenvalue weighted by atomic mass is 16.3. The fourth-order valence-corrected chi connectivity index (χ4v) is 1.81. The van der Waals surface area contributed by atoms with Crippen molar-refractivity contribution in [3.8, 4) is 0 Å². The van der Waals surface area contributed by atoms with Crippen LogP contribution in [-0.4, -0.2) is 42.2 Å². The van der Waals surface area contributed by atoms with Crippen molar-refractivity contribution in [2.45, 2.75) is 32.9 Å². The molecule has 0 aliphatic carbocycles. The van der Waals surface area contributed by atoms with Gasteiger partial charge in [0.25, 0.3) is 0 Å². The predicted octanol–water partition coefficient (Wildman–Crippen LogP) is 1.31. The Morgan fingerprint density at radius 3 is 2.84 bits per heavy atom. The Bertz CT molecular complexity index is 405. The molecule has 0 fully saturated rings. The summed E-state index contributed by atoms with van der Waals surface area (Å²) in [6.45, 7) is 5.43. The normalized spacial score (nSPS) is 12.5. The van der Waals surface area contributed by atoms with Crippen LogP contribution in [0.15, 0.2) is 24.3 Å². The number of hydrogen-bond acceptors (Lipinski definition) is 3. The summed E-state index contributed by atoms with van der Waals surface area (Å²) in [4.78, 5) is 13.7. The lowest BCUT2D eigenvalue weighted by Crippen LogP contribution is -2.35. The average molecular weight is 264 g/mol. The summed E-state index contributed by atoms with van der Waals surface area (Å²) in [7, 11) is 1.88. The van der Waals surface area contributed by atoms with Crippen LogP contribution in [0.3, 0.4) is 0 Å². The Morgan fingerprint density at radius 1 is 1.47 bits per heavy atom. The van der Waals surface area contributed by atoms with Gasteiger partial charge in [0, 0.05) is 13.1 Å². The maximum Gasteiger partial charge on any atom is 0.234 e. The lowest BCUT2D eigenvalue weighted by Gasteiger charge is -2.17. The summed E-state index contributed by atoms with van der Waals surface area (Å²) < 4.78 is 0. The number of hydrogen-bond donors (Lipinski definition) is 2. The number of aliphatic hydroxyl groups excluding tert-OH is 1. The van der Waals surface area contributed by atoms with E-state index in [2.05, 4.69) is 11.4 Å². The number of amides is 1. The van der Waals surface area contributed by atoms with E-state index >= 15 is 0 Å². The van der Waals surface area contributed by atoms with E-state index in [0.29, 0.717) is 19.5 Å². The molecule has 1 atom stereocenters. The first kappa shape index (κ1) is 15.7. The van der Waals surface area contributed by atoms with Crippen LogP contribution in [0.1, 0.15) is 24.5 Å². The van der Waals surface area contributed by atoms with Crippen LogP contribution in [0.2, 0.25) is 0 Å². The van der Waals surface area contributed by atoms with Crippen LogP contribution in [0.25, 0.3) is 0 Å². The van der Waals surface area contributed by atoms with Crippen molar-refractivity contribution in [1.82, 2.24) is 10.2 Å². The number of aryl methyl sites for hydroxylation is 1. The van der Waals surface area contributed by atoms with Crippen LogP contribution in [0.5, 0.6) is 0 Å². The van der Waals surface area contributed by atoms with E-state index in [1.54, 1.807) is 6.92 Å². The van der Waals surface area contributed by atoms with Gasteiger partial charge in [-0.2, -0.15) is 0 Å². The van der Waals surface area contributed by atoms with E-state index in [0.717, 1.165) is 12.1 Å². The number of carbonyl (C=O) groups excluding carboxylic acids is 1. The quantitative estimate of drug-likeness (QED) is 0.781. The Hall–Kier alpha value is -1.39. The second kappa shape index (κ2) is 7.92. The average Bonchev–Trinajstić information content (AvgIpc) is 2.34. The molecule has 4 heteroatoms. The molecular formula is C15H24N2O2. The second-order valence-electron chi connectivity index (χ2n) is 5.14. The number of aliphatic hydroxyl groups is 1. The number of nitrogens with zero attached hydrogens (tertiary/aromatic N) is 1. The third kappa shape index (κ3) is 6.94. The first-order chi connectivity index (χ1) is 8.97. The monoisotopic (exact) mass is 264 g/mol. The van der Waals surface area contributed by atoms with Gasteiger partial charge in [-0.15, -0.1) is 0 Å². The molecule has 2 N–H and O–H groups in total. The van der Waals surface area contributed by atoms with Crippen molar-refractivity contribution >= 4 is 5.91 Å². The Morgan fingerprint density at radius 2 is 2.21 bits per heavy atom. The zero-order valence-corrected chi connectivity index (χ0v) is 12.0. The highest BCUT2D eigenvalue weighted by Crippen LogP contribution is 2.03. The van der Waals surface area contributed by atoms with E-state index < -0.39 is 0 Å². The third-order valence-corrected chi connectivity index (χ3v) is 2.91. The zero-order chi connectivity index (χ0) is 14.3. The van der Waals surface area contributed by atoms with E-state index in [1.807, 2.05) is 37.1 Å². The molecule has 1 aromatic rings. The molecule has 0 heterocycles. The number of likely N-dealkylation sites (N-methyl/N-ethyl adjacent to an activating group) is 1. The highest BCUT2D eigenvalue weighted by molar-refractivity contribution is 5.77. The second-order valence-corrected chi connectivity index (χ2v) is 5.14. The van der Waals surface area contributed by atoms with E-state index in [-0.39, 0.29) is 12.0 Å². The fourth-order valence-electron chi connectivity index (χ4n) is 1.81. The molecular weight excluding hydrogens is 240 g/mol. The summed E-state index contributed by atoms with van der Waals surface area (Å²) in [6.07, 6.45) is 0.361. The molecule has 106 valence electrons.